The van der Waals surface area contributed by atoms with Crippen LogP contribution in [0.3, 0.4) is 0 Å². The molecule has 6 heteroatoms. The van der Waals surface area contributed by atoms with Gasteiger partial charge in [-0.05, 0) is 65.6 Å². The van der Waals surface area contributed by atoms with Crippen molar-refractivity contribution in [2.45, 2.75) is 56.6 Å². The molecule has 194 valence electrons. The molecule has 2 aliphatic rings. The Bertz CT molecular complexity index is 1420. The van der Waals surface area contributed by atoms with Gasteiger partial charge in [0.15, 0.2) is 0 Å². The minimum Gasteiger partial charge on any atom is -0.488 e. The first kappa shape index (κ1) is 24.4. The van der Waals surface area contributed by atoms with Crippen LogP contribution in [0.15, 0.2) is 91.0 Å². The number of rotatable bonds is 7. The smallest absolute Gasteiger partial charge is 0.407 e. The average molecular weight is 512 g/mol. The van der Waals surface area contributed by atoms with E-state index < -0.39 is 6.09 Å². The van der Waals surface area contributed by atoms with E-state index in [-0.39, 0.29) is 29.9 Å². The fourth-order valence-electron chi connectivity index (χ4n) is 6.19. The predicted molar refractivity (Wildman–Crippen MR) is 144 cm³/mol. The summed E-state index contributed by atoms with van der Waals surface area (Å²) in [4.78, 5) is 13.7. The molecule has 2 aliphatic heterocycles. The zero-order valence-electron chi connectivity index (χ0n) is 21.0. The summed E-state index contributed by atoms with van der Waals surface area (Å²) in [5.74, 6) is 0.506. The van der Waals surface area contributed by atoms with Crippen LogP contribution >= 0.6 is 0 Å². The summed E-state index contributed by atoms with van der Waals surface area (Å²) in [5, 5.41) is 12.0. The van der Waals surface area contributed by atoms with Gasteiger partial charge in [0.05, 0.1) is 18.8 Å². The minimum atomic E-state index is -0.897. The predicted octanol–water partition coefficient (Wildman–Crippen LogP) is 7.14. The topological polar surface area (TPSA) is 59.0 Å². The molecule has 38 heavy (non-hydrogen) atoms. The lowest BCUT2D eigenvalue weighted by atomic mass is 9.82. The zero-order chi connectivity index (χ0) is 26.1. The van der Waals surface area contributed by atoms with E-state index in [4.69, 9.17) is 9.47 Å². The average Bonchev–Trinajstić information content (AvgIpc) is 3.27. The molecule has 0 spiro atoms. The highest BCUT2D eigenvalue weighted by Gasteiger charge is 2.50. The van der Waals surface area contributed by atoms with E-state index in [0.717, 1.165) is 46.1 Å². The highest BCUT2D eigenvalue weighted by atomic mass is 19.1. The molecule has 4 aromatic carbocycles. The molecule has 0 saturated carbocycles. The maximum Gasteiger partial charge on any atom is 0.407 e. The molecule has 2 saturated heterocycles. The number of carboxylic acid groups (broad SMARTS) is 1. The maximum atomic E-state index is 13.7. The van der Waals surface area contributed by atoms with Gasteiger partial charge in [0, 0.05) is 17.3 Å². The van der Waals surface area contributed by atoms with Crippen molar-refractivity contribution in [2.24, 2.45) is 0 Å². The van der Waals surface area contributed by atoms with Gasteiger partial charge in [0.1, 0.15) is 18.2 Å². The molecule has 0 aromatic heterocycles. The Balaban J connectivity index is 1.28. The van der Waals surface area contributed by atoms with Crippen molar-refractivity contribution in [1.82, 2.24) is 4.90 Å². The van der Waals surface area contributed by atoms with Crippen molar-refractivity contribution in [1.29, 1.82) is 0 Å². The van der Waals surface area contributed by atoms with Gasteiger partial charge >= 0.3 is 6.09 Å². The van der Waals surface area contributed by atoms with Crippen molar-refractivity contribution in [3.63, 3.8) is 0 Å². The number of halogens is 1. The Morgan fingerprint density at radius 1 is 0.895 bits per heavy atom. The van der Waals surface area contributed by atoms with Crippen molar-refractivity contribution in [2.75, 3.05) is 0 Å². The van der Waals surface area contributed by atoms with Crippen LogP contribution in [0.4, 0.5) is 9.18 Å². The van der Waals surface area contributed by atoms with Gasteiger partial charge in [-0.2, -0.15) is 0 Å². The van der Waals surface area contributed by atoms with Gasteiger partial charge in [-0.15, -0.1) is 0 Å². The Hall–Kier alpha value is -3.90. The molecular formula is C32H30FNO4. The summed E-state index contributed by atoms with van der Waals surface area (Å²) < 4.78 is 26.5. The molecule has 4 unspecified atom stereocenters. The number of fused-ring (bicyclic) bond motifs is 3. The van der Waals surface area contributed by atoms with E-state index in [2.05, 4.69) is 18.2 Å². The van der Waals surface area contributed by atoms with E-state index in [0.29, 0.717) is 19.6 Å². The second-order valence-electron chi connectivity index (χ2n) is 10.2. The molecule has 2 heterocycles. The van der Waals surface area contributed by atoms with E-state index >= 15 is 0 Å². The van der Waals surface area contributed by atoms with Crippen molar-refractivity contribution in [3.05, 3.63) is 114 Å². The molecule has 4 atom stereocenters. The van der Waals surface area contributed by atoms with Crippen molar-refractivity contribution in [3.8, 4) is 5.75 Å². The molecule has 1 amide bonds. The van der Waals surface area contributed by atoms with Crippen molar-refractivity contribution < 1.29 is 23.8 Å². The molecule has 2 bridgehead atoms. The molecule has 6 rings (SSSR count). The molecule has 4 aromatic rings. The zero-order valence-corrected chi connectivity index (χ0v) is 21.0. The lowest BCUT2D eigenvalue weighted by Crippen LogP contribution is -2.53. The summed E-state index contributed by atoms with van der Waals surface area (Å²) in [6, 6.07) is 28.6. The van der Waals surface area contributed by atoms with E-state index in [1.54, 1.807) is 17.0 Å². The van der Waals surface area contributed by atoms with Crippen LogP contribution in [0.2, 0.25) is 0 Å². The maximum absolute atomic E-state index is 13.7. The standard InChI is InChI=1S/C32H30FNO4/c33-25-12-10-23(11-13-25)28-18-26-14-15-29(34(26)32(35)36)31(28)38-20-22-16-24-8-4-5-9-27(24)30(17-22)37-19-21-6-2-1-3-7-21/h1-13,16-17,26,28-29,31H,14-15,18-20H2,(H,35,36). The largest absolute Gasteiger partial charge is 0.488 e. The van der Waals surface area contributed by atoms with E-state index in [1.807, 2.05) is 48.5 Å². The molecule has 0 aliphatic carbocycles. The Morgan fingerprint density at radius 3 is 2.45 bits per heavy atom. The SMILES string of the molecule is O=C(O)N1C2CCC1C(OCc1cc(OCc3ccccc3)c3ccccc3c1)C(c1ccc(F)cc1)C2. The van der Waals surface area contributed by atoms with E-state index in [9.17, 15) is 14.3 Å². The molecule has 1 N–H and O–H groups in total. The number of piperidine rings is 1. The number of carbonyl (C=O) groups is 1. The third kappa shape index (κ3) is 4.84. The van der Waals surface area contributed by atoms with Crippen LogP contribution in [0.25, 0.3) is 10.8 Å². The van der Waals surface area contributed by atoms with Crippen LogP contribution in [-0.4, -0.2) is 34.3 Å². The fourth-order valence-corrected chi connectivity index (χ4v) is 6.19. The van der Waals surface area contributed by atoms with Gasteiger partial charge < -0.3 is 14.6 Å². The molecule has 0 radical (unpaired) electrons. The molecule has 2 fully saturated rings. The number of hydrogen-bond donors (Lipinski definition) is 1. The highest BCUT2D eigenvalue weighted by Crippen LogP contribution is 2.45. The van der Waals surface area contributed by atoms with Crippen LogP contribution in [0, 0.1) is 5.82 Å². The summed E-state index contributed by atoms with van der Waals surface area (Å²) in [6.07, 6.45) is 1.04. The fraction of sp³-hybridized carbons (Fsp3) is 0.281. The van der Waals surface area contributed by atoms with Gasteiger partial charge in [0.25, 0.3) is 0 Å². The number of ether oxygens (including phenoxy) is 2. The lowest BCUT2D eigenvalue weighted by Gasteiger charge is -2.43. The summed E-state index contributed by atoms with van der Waals surface area (Å²) in [7, 11) is 0. The highest BCUT2D eigenvalue weighted by molar-refractivity contribution is 5.89. The van der Waals surface area contributed by atoms with Crippen LogP contribution in [-0.2, 0) is 18.0 Å². The lowest BCUT2D eigenvalue weighted by molar-refractivity contribution is -0.0534. The third-order valence-corrected chi connectivity index (χ3v) is 7.93. The van der Waals surface area contributed by atoms with Gasteiger partial charge in [-0.3, -0.25) is 4.90 Å². The van der Waals surface area contributed by atoms with Crippen molar-refractivity contribution >= 4 is 16.9 Å². The monoisotopic (exact) mass is 511 g/mol. The quantitative estimate of drug-likeness (QED) is 0.286. The van der Waals surface area contributed by atoms with E-state index in [1.165, 1.54) is 12.1 Å². The summed E-state index contributed by atoms with van der Waals surface area (Å²) in [6.45, 7) is 0.783. The first-order chi connectivity index (χ1) is 18.6. The van der Waals surface area contributed by atoms with Gasteiger partial charge in [0.2, 0.25) is 0 Å². The first-order valence-electron chi connectivity index (χ1n) is 13.1. The van der Waals surface area contributed by atoms with Gasteiger partial charge in [-0.1, -0.05) is 66.7 Å². The Kier molecular flexibility index (Phi) is 6.73. The second kappa shape index (κ2) is 10.5. The number of benzene rings is 4. The normalized spacial score (nSPS) is 22.5. The second-order valence-corrected chi connectivity index (χ2v) is 10.2. The third-order valence-electron chi connectivity index (χ3n) is 7.93. The van der Waals surface area contributed by atoms with Gasteiger partial charge in [-0.25, -0.2) is 9.18 Å². The Labute approximate surface area is 221 Å². The molecule has 5 nitrogen and oxygen atoms in total. The minimum absolute atomic E-state index is 0.00189. The first-order valence-corrected chi connectivity index (χ1v) is 13.1. The van der Waals surface area contributed by atoms with Crippen LogP contribution in [0.1, 0.15) is 41.9 Å². The number of hydrogen-bond acceptors (Lipinski definition) is 3. The number of amides is 1. The van der Waals surface area contributed by atoms with Crippen LogP contribution < -0.4 is 4.74 Å². The summed E-state index contributed by atoms with van der Waals surface area (Å²) >= 11 is 0. The van der Waals surface area contributed by atoms with Crippen LogP contribution in [0.5, 0.6) is 5.75 Å². The number of nitrogens with zero attached hydrogens (tertiary/aromatic N) is 1. The summed E-state index contributed by atoms with van der Waals surface area (Å²) in [5.41, 5.74) is 3.04. The molecular weight excluding hydrogens is 481 g/mol. The Morgan fingerprint density at radius 2 is 1.66 bits per heavy atom.